The number of aromatic nitrogens is 1. The van der Waals surface area contributed by atoms with Gasteiger partial charge >= 0.3 is 0 Å². The fourth-order valence-electron chi connectivity index (χ4n) is 1.71. The molecule has 1 N–H and O–H groups in total. The summed E-state index contributed by atoms with van der Waals surface area (Å²) in [4.78, 5) is 4.35. The normalized spacial score (nSPS) is 18.6. The summed E-state index contributed by atoms with van der Waals surface area (Å²) in [6.45, 7) is 1.84. The second kappa shape index (κ2) is 4.87. The number of rotatable bonds is 3. The molecule has 1 aromatic rings. The highest BCUT2D eigenvalue weighted by Gasteiger charge is 2.15. The molecule has 0 aromatic carbocycles. The van der Waals surface area contributed by atoms with E-state index in [0.29, 0.717) is 0 Å². The Morgan fingerprint density at radius 2 is 2.29 bits per heavy atom. The van der Waals surface area contributed by atoms with Crippen LogP contribution in [0.15, 0.2) is 5.38 Å². The molecule has 2 rings (SSSR count). The number of thiazole rings is 1. The molecular formula is C10H15NO2S. The maximum Gasteiger partial charge on any atom is 0.0932 e. The SMILES string of the molecule is OCc1csc(CC2CCOCC2)n1. The fourth-order valence-corrected chi connectivity index (χ4v) is 2.61. The molecule has 0 atom stereocenters. The predicted octanol–water partition coefficient (Wildman–Crippen LogP) is 1.60. The monoisotopic (exact) mass is 213 g/mol. The van der Waals surface area contributed by atoms with Gasteiger partial charge in [0.25, 0.3) is 0 Å². The highest BCUT2D eigenvalue weighted by atomic mass is 32.1. The Morgan fingerprint density at radius 3 is 2.93 bits per heavy atom. The molecule has 0 amide bonds. The van der Waals surface area contributed by atoms with Crippen LogP contribution in [-0.2, 0) is 17.8 Å². The van der Waals surface area contributed by atoms with Gasteiger partial charge in [0.05, 0.1) is 17.3 Å². The van der Waals surface area contributed by atoms with Crippen LogP contribution in [0.25, 0.3) is 0 Å². The Morgan fingerprint density at radius 1 is 1.50 bits per heavy atom. The van der Waals surface area contributed by atoms with Crippen molar-refractivity contribution in [2.24, 2.45) is 5.92 Å². The Bertz CT molecular complexity index is 281. The summed E-state index contributed by atoms with van der Waals surface area (Å²) < 4.78 is 5.31. The molecule has 1 aliphatic heterocycles. The van der Waals surface area contributed by atoms with Crippen molar-refractivity contribution >= 4 is 11.3 Å². The van der Waals surface area contributed by atoms with Crippen LogP contribution in [-0.4, -0.2) is 23.3 Å². The standard InChI is InChI=1S/C10H15NO2S/c12-6-9-7-14-10(11-9)5-8-1-3-13-4-2-8/h7-8,12H,1-6H2. The van der Waals surface area contributed by atoms with Gasteiger partial charge in [0, 0.05) is 25.0 Å². The lowest BCUT2D eigenvalue weighted by atomic mass is 9.97. The molecule has 0 spiro atoms. The van der Waals surface area contributed by atoms with Gasteiger partial charge in [0.15, 0.2) is 0 Å². The summed E-state index contributed by atoms with van der Waals surface area (Å²) in [7, 11) is 0. The minimum absolute atomic E-state index is 0.0598. The van der Waals surface area contributed by atoms with Gasteiger partial charge in [-0.2, -0.15) is 0 Å². The zero-order chi connectivity index (χ0) is 9.80. The van der Waals surface area contributed by atoms with Crippen molar-refractivity contribution in [3.05, 3.63) is 16.1 Å². The van der Waals surface area contributed by atoms with Crippen LogP contribution in [0.4, 0.5) is 0 Å². The second-order valence-electron chi connectivity index (χ2n) is 3.65. The summed E-state index contributed by atoms with van der Waals surface area (Å²) in [5, 5.41) is 12.0. The average molecular weight is 213 g/mol. The molecule has 0 bridgehead atoms. The lowest BCUT2D eigenvalue weighted by molar-refractivity contribution is 0.0665. The number of aliphatic hydroxyl groups excluding tert-OH is 1. The van der Waals surface area contributed by atoms with Gasteiger partial charge in [-0.15, -0.1) is 11.3 Å². The molecule has 1 aliphatic rings. The third-order valence-corrected chi connectivity index (χ3v) is 3.49. The summed E-state index contributed by atoms with van der Waals surface area (Å²) in [6.07, 6.45) is 3.34. The summed E-state index contributed by atoms with van der Waals surface area (Å²) in [5.41, 5.74) is 0.803. The lowest BCUT2D eigenvalue weighted by Crippen LogP contribution is -2.17. The molecule has 78 valence electrons. The molecule has 4 heteroatoms. The Labute approximate surface area is 87.7 Å². The topological polar surface area (TPSA) is 42.4 Å². The fraction of sp³-hybridized carbons (Fsp3) is 0.700. The van der Waals surface area contributed by atoms with Gasteiger partial charge in [-0.3, -0.25) is 0 Å². The van der Waals surface area contributed by atoms with Crippen LogP contribution in [0, 0.1) is 5.92 Å². The average Bonchev–Trinajstić information content (AvgIpc) is 2.67. The lowest BCUT2D eigenvalue weighted by Gasteiger charge is -2.20. The predicted molar refractivity (Wildman–Crippen MR) is 55.3 cm³/mol. The summed E-state index contributed by atoms with van der Waals surface area (Å²) in [6, 6.07) is 0. The van der Waals surface area contributed by atoms with E-state index in [2.05, 4.69) is 4.98 Å². The molecule has 0 radical (unpaired) electrons. The number of hydrogen-bond acceptors (Lipinski definition) is 4. The molecule has 14 heavy (non-hydrogen) atoms. The zero-order valence-corrected chi connectivity index (χ0v) is 8.92. The van der Waals surface area contributed by atoms with Crippen molar-refractivity contribution in [3.63, 3.8) is 0 Å². The quantitative estimate of drug-likeness (QED) is 0.829. The molecule has 0 aliphatic carbocycles. The van der Waals surface area contributed by atoms with Gasteiger partial charge in [-0.25, -0.2) is 4.98 Å². The van der Waals surface area contributed by atoms with Crippen LogP contribution in [0.3, 0.4) is 0 Å². The maximum atomic E-state index is 8.88. The van der Waals surface area contributed by atoms with Crippen molar-refractivity contribution in [2.75, 3.05) is 13.2 Å². The van der Waals surface area contributed by atoms with E-state index in [4.69, 9.17) is 9.84 Å². The minimum atomic E-state index is 0.0598. The molecule has 1 fully saturated rings. The van der Waals surface area contributed by atoms with E-state index in [1.807, 2.05) is 5.38 Å². The number of hydrogen-bond donors (Lipinski definition) is 1. The first kappa shape index (κ1) is 10.1. The third kappa shape index (κ3) is 2.53. The highest BCUT2D eigenvalue weighted by molar-refractivity contribution is 7.09. The zero-order valence-electron chi connectivity index (χ0n) is 8.11. The van der Waals surface area contributed by atoms with E-state index in [1.54, 1.807) is 11.3 Å². The van der Waals surface area contributed by atoms with Crippen molar-refractivity contribution in [3.8, 4) is 0 Å². The van der Waals surface area contributed by atoms with E-state index in [9.17, 15) is 0 Å². The first-order valence-corrected chi connectivity index (χ1v) is 5.88. The van der Waals surface area contributed by atoms with Crippen molar-refractivity contribution < 1.29 is 9.84 Å². The summed E-state index contributed by atoms with van der Waals surface area (Å²) in [5.74, 6) is 0.724. The van der Waals surface area contributed by atoms with Gasteiger partial charge in [0.1, 0.15) is 0 Å². The van der Waals surface area contributed by atoms with E-state index < -0.39 is 0 Å². The molecule has 1 aromatic heterocycles. The van der Waals surface area contributed by atoms with E-state index in [-0.39, 0.29) is 6.61 Å². The first-order chi connectivity index (χ1) is 6.88. The third-order valence-electron chi connectivity index (χ3n) is 2.57. The van der Waals surface area contributed by atoms with E-state index in [0.717, 1.165) is 49.1 Å². The maximum absolute atomic E-state index is 8.88. The second-order valence-corrected chi connectivity index (χ2v) is 4.59. The van der Waals surface area contributed by atoms with Crippen LogP contribution in [0.5, 0.6) is 0 Å². The van der Waals surface area contributed by atoms with Gasteiger partial charge < -0.3 is 9.84 Å². The molecule has 0 saturated carbocycles. The molecular weight excluding hydrogens is 198 g/mol. The van der Waals surface area contributed by atoms with Gasteiger partial charge in [-0.1, -0.05) is 0 Å². The van der Waals surface area contributed by atoms with Crippen molar-refractivity contribution in [1.29, 1.82) is 0 Å². The molecule has 2 heterocycles. The van der Waals surface area contributed by atoms with Crippen LogP contribution in [0.2, 0.25) is 0 Å². The number of nitrogens with zero attached hydrogens (tertiary/aromatic N) is 1. The Hall–Kier alpha value is -0.450. The molecule has 1 saturated heterocycles. The first-order valence-electron chi connectivity index (χ1n) is 5.00. The van der Waals surface area contributed by atoms with E-state index >= 15 is 0 Å². The number of ether oxygens (including phenoxy) is 1. The van der Waals surface area contributed by atoms with Crippen molar-refractivity contribution in [2.45, 2.75) is 25.9 Å². The van der Waals surface area contributed by atoms with Gasteiger partial charge in [0.2, 0.25) is 0 Å². The van der Waals surface area contributed by atoms with Gasteiger partial charge in [-0.05, 0) is 18.8 Å². The smallest absolute Gasteiger partial charge is 0.0932 e. The number of aliphatic hydroxyl groups is 1. The Kier molecular flexibility index (Phi) is 3.50. The summed E-state index contributed by atoms with van der Waals surface area (Å²) >= 11 is 1.66. The van der Waals surface area contributed by atoms with Crippen molar-refractivity contribution in [1.82, 2.24) is 4.98 Å². The largest absolute Gasteiger partial charge is 0.390 e. The van der Waals surface area contributed by atoms with E-state index in [1.165, 1.54) is 0 Å². The minimum Gasteiger partial charge on any atom is -0.390 e. The molecule has 0 unspecified atom stereocenters. The highest BCUT2D eigenvalue weighted by Crippen LogP contribution is 2.21. The Balaban J connectivity index is 1.89. The molecule has 3 nitrogen and oxygen atoms in total. The van der Waals surface area contributed by atoms with Crippen LogP contribution < -0.4 is 0 Å². The van der Waals surface area contributed by atoms with Crippen LogP contribution in [0.1, 0.15) is 23.5 Å². The van der Waals surface area contributed by atoms with Crippen LogP contribution >= 0.6 is 11.3 Å².